The Morgan fingerprint density at radius 2 is 1.65 bits per heavy atom. The standard InChI is InChI=1S/C23H34N2O/c1-4-6-7-11-20-17-24-23(25-18-20)21-12-14-22(15-13-21)26-16-9-8-10-19(3)5-2/h12-15,17-19H,4-11,16H2,1-3H3. The van der Waals surface area contributed by atoms with E-state index in [0.717, 1.165) is 42.5 Å². The quantitative estimate of drug-likeness (QED) is 0.410. The Morgan fingerprint density at radius 3 is 2.31 bits per heavy atom. The first-order valence-corrected chi connectivity index (χ1v) is 10.3. The van der Waals surface area contributed by atoms with Gasteiger partial charge in [0.2, 0.25) is 0 Å². The third-order valence-electron chi connectivity index (χ3n) is 4.94. The van der Waals surface area contributed by atoms with Crippen molar-refractivity contribution in [2.45, 2.75) is 72.1 Å². The van der Waals surface area contributed by atoms with E-state index >= 15 is 0 Å². The summed E-state index contributed by atoms with van der Waals surface area (Å²) in [6.07, 6.45) is 13.6. The molecule has 0 fully saturated rings. The Bertz CT molecular complexity index is 607. The lowest BCUT2D eigenvalue weighted by Gasteiger charge is -2.09. The van der Waals surface area contributed by atoms with Crippen molar-refractivity contribution in [3.8, 4) is 17.1 Å². The lowest BCUT2D eigenvalue weighted by atomic mass is 10.0. The van der Waals surface area contributed by atoms with Gasteiger partial charge in [-0.3, -0.25) is 0 Å². The molecule has 0 aliphatic heterocycles. The van der Waals surface area contributed by atoms with Gasteiger partial charge in [-0.05, 0) is 61.4 Å². The second kappa shape index (κ2) is 11.7. The van der Waals surface area contributed by atoms with Crippen LogP contribution in [0, 0.1) is 5.92 Å². The van der Waals surface area contributed by atoms with Crippen LogP contribution < -0.4 is 4.74 Å². The molecule has 1 aromatic heterocycles. The van der Waals surface area contributed by atoms with E-state index in [2.05, 4.69) is 30.7 Å². The second-order valence-corrected chi connectivity index (χ2v) is 7.25. The lowest BCUT2D eigenvalue weighted by Crippen LogP contribution is -1.99. The Balaban J connectivity index is 1.77. The van der Waals surface area contributed by atoms with Crippen LogP contribution in [0.1, 0.15) is 71.3 Å². The maximum Gasteiger partial charge on any atom is 0.159 e. The van der Waals surface area contributed by atoms with Crippen LogP contribution >= 0.6 is 0 Å². The van der Waals surface area contributed by atoms with Gasteiger partial charge in [-0.15, -0.1) is 0 Å². The molecule has 0 bridgehead atoms. The van der Waals surface area contributed by atoms with Crippen LogP contribution in [-0.2, 0) is 6.42 Å². The highest BCUT2D eigenvalue weighted by Gasteiger charge is 2.03. The van der Waals surface area contributed by atoms with Crippen molar-refractivity contribution in [1.82, 2.24) is 9.97 Å². The molecule has 0 N–H and O–H groups in total. The minimum absolute atomic E-state index is 0.782. The Hall–Kier alpha value is -1.90. The molecule has 1 atom stereocenters. The largest absolute Gasteiger partial charge is 0.494 e. The average molecular weight is 355 g/mol. The van der Waals surface area contributed by atoms with Crippen molar-refractivity contribution < 1.29 is 4.74 Å². The number of hydrogen-bond donors (Lipinski definition) is 0. The van der Waals surface area contributed by atoms with Crippen molar-refractivity contribution in [2.24, 2.45) is 5.92 Å². The van der Waals surface area contributed by atoms with Gasteiger partial charge in [0, 0.05) is 18.0 Å². The maximum atomic E-state index is 5.85. The number of unbranched alkanes of at least 4 members (excludes halogenated alkanes) is 3. The molecule has 142 valence electrons. The first-order chi connectivity index (χ1) is 12.7. The van der Waals surface area contributed by atoms with Gasteiger partial charge in [0.15, 0.2) is 5.82 Å². The summed E-state index contributed by atoms with van der Waals surface area (Å²) >= 11 is 0. The molecular formula is C23H34N2O. The summed E-state index contributed by atoms with van der Waals surface area (Å²) in [5.41, 5.74) is 2.26. The molecule has 0 saturated carbocycles. The maximum absolute atomic E-state index is 5.85. The molecule has 2 aromatic rings. The summed E-state index contributed by atoms with van der Waals surface area (Å²) in [4.78, 5) is 9.03. The SMILES string of the molecule is CCCCCc1cnc(-c2ccc(OCCCCC(C)CC)cc2)nc1. The van der Waals surface area contributed by atoms with Crippen molar-refractivity contribution in [2.75, 3.05) is 6.61 Å². The lowest BCUT2D eigenvalue weighted by molar-refractivity contribution is 0.300. The van der Waals surface area contributed by atoms with Crippen LogP contribution in [0.4, 0.5) is 0 Å². The van der Waals surface area contributed by atoms with E-state index in [1.807, 2.05) is 36.7 Å². The van der Waals surface area contributed by atoms with Crippen molar-refractivity contribution in [1.29, 1.82) is 0 Å². The third kappa shape index (κ3) is 7.15. The number of nitrogens with zero attached hydrogens (tertiary/aromatic N) is 2. The van der Waals surface area contributed by atoms with Crippen molar-refractivity contribution in [3.05, 3.63) is 42.2 Å². The van der Waals surface area contributed by atoms with Crippen molar-refractivity contribution >= 4 is 0 Å². The molecule has 0 aliphatic rings. The number of benzene rings is 1. The van der Waals surface area contributed by atoms with E-state index in [4.69, 9.17) is 4.74 Å². The van der Waals surface area contributed by atoms with Gasteiger partial charge in [0.25, 0.3) is 0 Å². The second-order valence-electron chi connectivity index (χ2n) is 7.25. The van der Waals surface area contributed by atoms with E-state index in [-0.39, 0.29) is 0 Å². The number of aryl methyl sites for hydroxylation is 1. The monoisotopic (exact) mass is 354 g/mol. The topological polar surface area (TPSA) is 35.0 Å². The van der Waals surface area contributed by atoms with E-state index < -0.39 is 0 Å². The molecular weight excluding hydrogens is 320 g/mol. The van der Waals surface area contributed by atoms with Gasteiger partial charge >= 0.3 is 0 Å². The molecule has 3 nitrogen and oxygen atoms in total. The van der Waals surface area contributed by atoms with Gasteiger partial charge in [-0.2, -0.15) is 0 Å². The normalized spacial score (nSPS) is 12.1. The number of aromatic nitrogens is 2. The van der Waals surface area contributed by atoms with Crippen LogP contribution in [0.5, 0.6) is 5.75 Å². The summed E-state index contributed by atoms with van der Waals surface area (Å²) in [6.45, 7) is 7.59. The molecule has 1 unspecified atom stereocenters. The first kappa shape index (κ1) is 20.4. The predicted octanol–water partition coefficient (Wildman–Crippen LogP) is 6.47. The zero-order chi connectivity index (χ0) is 18.6. The minimum atomic E-state index is 0.782. The summed E-state index contributed by atoms with van der Waals surface area (Å²) in [6, 6.07) is 8.12. The van der Waals surface area contributed by atoms with Gasteiger partial charge < -0.3 is 4.74 Å². The highest BCUT2D eigenvalue weighted by Crippen LogP contribution is 2.20. The smallest absolute Gasteiger partial charge is 0.159 e. The first-order valence-electron chi connectivity index (χ1n) is 10.3. The Labute approximate surface area is 159 Å². The molecule has 1 heterocycles. The molecule has 2 rings (SSSR count). The van der Waals surface area contributed by atoms with Crippen molar-refractivity contribution in [3.63, 3.8) is 0 Å². The molecule has 26 heavy (non-hydrogen) atoms. The van der Waals surface area contributed by atoms with Crippen LogP contribution in [-0.4, -0.2) is 16.6 Å². The molecule has 0 amide bonds. The Morgan fingerprint density at radius 1 is 0.923 bits per heavy atom. The van der Waals surface area contributed by atoms with E-state index in [1.54, 1.807) is 0 Å². The Kier molecular flexibility index (Phi) is 9.16. The average Bonchev–Trinajstić information content (AvgIpc) is 2.69. The highest BCUT2D eigenvalue weighted by atomic mass is 16.5. The van der Waals surface area contributed by atoms with Gasteiger partial charge in [0.1, 0.15) is 5.75 Å². The van der Waals surface area contributed by atoms with E-state index in [1.165, 1.54) is 44.1 Å². The van der Waals surface area contributed by atoms with Gasteiger partial charge in [0.05, 0.1) is 6.61 Å². The fraction of sp³-hybridized carbons (Fsp3) is 0.565. The number of rotatable bonds is 12. The van der Waals surface area contributed by atoms with Crippen LogP contribution in [0.2, 0.25) is 0 Å². The summed E-state index contributed by atoms with van der Waals surface area (Å²) in [5, 5.41) is 0. The number of ether oxygens (including phenoxy) is 1. The fourth-order valence-electron chi connectivity index (χ4n) is 2.90. The summed E-state index contributed by atoms with van der Waals surface area (Å²) in [5.74, 6) is 2.53. The zero-order valence-corrected chi connectivity index (χ0v) is 16.7. The number of hydrogen-bond acceptors (Lipinski definition) is 3. The molecule has 0 saturated heterocycles. The molecule has 0 aliphatic carbocycles. The van der Waals surface area contributed by atoms with Crippen LogP contribution in [0.25, 0.3) is 11.4 Å². The van der Waals surface area contributed by atoms with E-state index in [0.29, 0.717) is 0 Å². The molecule has 0 radical (unpaired) electrons. The fourth-order valence-corrected chi connectivity index (χ4v) is 2.90. The highest BCUT2D eigenvalue weighted by molar-refractivity contribution is 5.55. The summed E-state index contributed by atoms with van der Waals surface area (Å²) < 4.78 is 5.85. The zero-order valence-electron chi connectivity index (χ0n) is 16.7. The third-order valence-corrected chi connectivity index (χ3v) is 4.94. The summed E-state index contributed by atoms with van der Waals surface area (Å²) in [7, 11) is 0. The van der Waals surface area contributed by atoms with Gasteiger partial charge in [-0.25, -0.2) is 9.97 Å². The van der Waals surface area contributed by atoms with E-state index in [9.17, 15) is 0 Å². The van der Waals surface area contributed by atoms with Crippen LogP contribution in [0.3, 0.4) is 0 Å². The molecule has 0 spiro atoms. The van der Waals surface area contributed by atoms with Gasteiger partial charge in [-0.1, -0.05) is 46.5 Å². The molecule has 1 aromatic carbocycles. The predicted molar refractivity (Wildman–Crippen MR) is 109 cm³/mol. The van der Waals surface area contributed by atoms with Crippen LogP contribution in [0.15, 0.2) is 36.7 Å². The molecule has 3 heteroatoms. The minimum Gasteiger partial charge on any atom is -0.494 e.